The van der Waals surface area contributed by atoms with E-state index < -0.39 is 0 Å². The number of nitrogens with one attached hydrogen (secondary N) is 1. The van der Waals surface area contributed by atoms with Gasteiger partial charge in [-0.1, -0.05) is 11.8 Å². The van der Waals surface area contributed by atoms with Crippen LogP contribution >= 0.6 is 23.1 Å². The van der Waals surface area contributed by atoms with Crippen molar-refractivity contribution in [3.63, 3.8) is 0 Å². The molecule has 0 unspecified atom stereocenters. The van der Waals surface area contributed by atoms with E-state index in [0.717, 1.165) is 48.9 Å². The summed E-state index contributed by atoms with van der Waals surface area (Å²) in [6.07, 6.45) is 6.36. The lowest BCUT2D eigenvalue weighted by Gasteiger charge is -2.18. The standard InChI is InChI=1S/C20H27N3O3S2/c1-3-21-17(24)12(2)27-20-22-18-16(14-8-4-5-9-15(14)28-18)19(25)23(20)11-13-7-6-10-26-13/h12-13H,3-11H2,1-2H3,(H,21,24)/t12-,13+/m0/s1. The average Bonchev–Trinajstić information content (AvgIpc) is 3.32. The van der Waals surface area contributed by atoms with Crippen molar-refractivity contribution >= 4 is 39.2 Å². The zero-order chi connectivity index (χ0) is 19.7. The van der Waals surface area contributed by atoms with E-state index in [2.05, 4.69) is 5.32 Å². The van der Waals surface area contributed by atoms with E-state index in [1.807, 2.05) is 13.8 Å². The van der Waals surface area contributed by atoms with Gasteiger partial charge in [0.2, 0.25) is 5.91 Å². The Kier molecular flexibility index (Phi) is 6.08. The molecule has 1 aliphatic heterocycles. The van der Waals surface area contributed by atoms with E-state index in [-0.39, 0.29) is 22.8 Å². The van der Waals surface area contributed by atoms with E-state index in [4.69, 9.17) is 9.72 Å². The number of carbonyl (C=O) groups is 1. The van der Waals surface area contributed by atoms with Gasteiger partial charge in [-0.15, -0.1) is 11.3 Å². The molecule has 0 bridgehead atoms. The number of carbonyl (C=O) groups excluding carboxylic acids is 1. The molecule has 0 radical (unpaired) electrons. The first-order chi connectivity index (χ1) is 13.6. The first kappa shape index (κ1) is 19.9. The largest absolute Gasteiger partial charge is 0.376 e. The molecule has 0 saturated carbocycles. The molecule has 1 saturated heterocycles. The second-order valence-corrected chi connectivity index (χ2v) is 9.88. The van der Waals surface area contributed by atoms with Crippen LogP contribution in [-0.2, 0) is 28.9 Å². The van der Waals surface area contributed by atoms with Gasteiger partial charge in [-0.05, 0) is 57.9 Å². The summed E-state index contributed by atoms with van der Waals surface area (Å²) < 4.78 is 7.55. The van der Waals surface area contributed by atoms with Crippen LogP contribution < -0.4 is 10.9 Å². The molecule has 1 fully saturated rings. The van der Waals surface area contributed by atoms with Crippen molar-refractivity contribution in [3.05, 3.63) is 20.8 Å². The Balaban J connectivity index is 1.77. The van der Waals surface area contributed by atoms with E-state index >= 15 is 0 Å². The monoisotopic (exact) mass is 421 g/mol. The molecule has 28 heavy (non-hydrogen) atoms. The molecule has 1 aliphatic carbocycles. The van der Waals surface area contributed by atoms with E-state index in [0.29, 0.717) is 18.2 Å². The number of hydrogen-bond acceptors (Lipinski definition) is 6. The van der Waals surface area contributed by atoms with Crippen molar-refractivity contribution in [2.75, 3.05) is 13.2 Å². The third-order valence-corrected chi connectivity index (χ3v) is 7.73. The van der Waals surface area contributed by atoms with Gasteiger partial charge in [0.25, 0.3) is 5.56 Å². The van der Waals surface area contributed by atoms with Gasteiger partial charge in [-0.2, -0.15) is 0 Å². The van der Waals surface area contributed by atoms with E-state index in [1.165, 1.54) is 28.6 Å². The van der Waals surface area contributed by atoms with Crippen molar-refractivity contribution in [3.8, 4) is 0 Å². The number of rotatable bonds is 6. The van der Waals surface area contributed by atoms with E-state index in [9.17, 15) is 9.59 Å². The van der Waals surface area contributed by atoms with Crippen LogP contribution in [0.15, 0.2) is 9.95 Å². The fraction of sp³-hybridized carbons (Fsp3) is 0.650. The highest BCUT2D eigenvalue weighted by Crippen LogP contribution is 2.35. The number of aromatic nitrogens is 2. The highest BCUT2D eigenvalue weighted by molar-refractivity contribution is 8.00. The second-order valence-electron chi connectivity index (χ2n) is 7.49. The van der Waals surface area contributed by atoms with Crippen molar-refractivity contribution < 1.29 is 9.53 Å². The van der Waals surface area contributed by atoms with Crippen LogP contribution in [-0.4, -0.2) is 40.0 Å². The number of fused-ring (bicyclic) bond motifs is 3. The summed E-state index contributed by atoms with van der Waals surface area (Å²) in [6.45, 7) is 5.62. The van der Waals surface area contributed by atoms with Gasteiger partial charge in [0.15, 0.2) is 5.16 Å². The number of thiophene rings is 1. The van der Waals surface area contributed by atoms with Crippen molar-refractivity contribution in [1.82, 2.24) is 14.9 Å². The molecular weight excluding hydrogens is 394 g/mol. The molecule has 0 aromatic carbocycles. The average molecular weight is 422 g/mol. The van der Waals surface area contributed by atoms with Crippen LogP contribution in [0, 0.1) is 0 Å². The molecule has 3 heterocycles. The molecule has 8 heteroatoms. The first-order valence-electron chi connectivity index (χ1n) is 10.2. The fourth-order valence-corrected chi connectivity index (χ4v) is 6.24. The lowest BCUT2D eigenvalue weighted by Crippen LogP contribution is -2.33. The Labute approximate surface area is 173 Å². The smallest absolute Gasteiger partial charge is 0.263 e. The molecule has 0 spiro atoms. The van der Waals surface area contributed by atoms with Gasteiger partial charge < -0.3 is 10.1 Å². The third kappa shape index (κ3) is 3.86. The van der Waals surface area contributed by atoms with Gasteiger partial charge in [0.1, 0.15) is 4.83 Å². The normalized spacial score (nSPS) is 20.3. The van der Waals surface area contributed by atoms with Gasteiger partial charge in [-0.3, -0.25) is 14.2 Å². The van der Waals surface area contributed by atoms with Crippen LogP contribution in [0.5, 0.6) is 0 Å². The Morgan fingerprint density at radius 3 is 2.96 bits per heavy atom. The van der Waals surface area contributed by atoms with Crippen molar-refractivity contribution in [2.24, 2.45) is 0 Å². The zero-order valence-corrected chi connectivity index (χ0v) is 18.1. The number of hydrogen-bond donors (Lipinski definition) is 1. The van der Waals surface area contributed by atoms with E-state index in [1.54, 1.807) is 15.9 Å². The number of ether oxygens (including phenoxy) is 1. The van der Waals surface area contributed by atoms with Crippen LogP contribution in [0.25, 0.3) is 10.2 Å². The molecule has 2 aromatic heterocycles. The molecule has 2 aromatic rings. The number of nitrogens with zero attached hydrogens (tertiary/aromatic N) is 2. The molecule has 1 amide bonds. The molecule has 152 valence electrons. The van der Waals surface area contributed by atoms with Crippen LogP contribution in [0.2, 0.25) is 0 Å². The van der Waals surface area contributed by atoms with Gasteiger partial charge in [-0.25, -0.2) is 4.98 Å². The lowest BCUT2D eigenvalue weighted by atomic mass is 9.97. The predicted molar refractivity (Wildman–Crippen MR) is 113 cm³/mol. The number of aryl methyl sites for hydroxylation is 2. The first-order valence-corrected chi connectivity index (χ1v) is 11.9. The van der Waals surface area contributed by atoms with Gasteiger partial charge in [0, 0.05) is 18.0 Å². The minimum absolute atomic E-state index is 0.0315. The van der Waals surface area contributed by atoms with Crippen LogP contribution in [0.1, 0.15) is 50.0 Å². The van der Waals surface area contributed by atoms with Crippen LogP contribution in [0.4, 0.5) is 0 Å². The summed E-state index contributed by atoms with van der Waals surface area (Å²) in [5, 5.41) is 3.97. The molecule has 6 nitrogen and oxygen atoms in total. The number of thioether (sulfide) groups is 1. The van der Waals surface area contributed by atoms with Crippen LogP contribution in [0.3, 0.4) is 0 Å². The zero-order valence-electron chi connectivity index (χ0n) is 16.5. The molecule has 1 N–H and O–H groups in total. The summed E-state index contributed by atoms with van der Waals surface area (Å²) in [5.41, 5.74) is 1.24. The molecule has 4 rings (SSSR count). The summed E-state index contributed by atoms with van der Waals surface area (Å²) in [4.78, 5) is 32.8. The van der Waals surface area contributed by atoms with Gasteiger partial charge in [0.05, 0.1) is 23.3 Å². The Bertz CT molecular complexity index is 931. The Hall–Kier alpha value is -1.38. The molecule has 2 atom stereocenters. The topological polar surface area (TPSA) is 73.2 Å². The second kappa shape index (κ2) is 8.55. The Morgan fingerprint density at radius 1 is 1.39 bits per heavy atom. The summed E-state index contributed by atoms with van der Waals surface area (Å²) in [5.74, 6) is -0.0315. The maximum atomic E-state index is 13.5. The summed E-state index contributed by atoms with van der Waals surface area (Å²) in [7, 11) is 0. The minimum Gasteiger partial charge on any atom is -0.376 e. The summed E-state index contributed by atoms with van der Waals surface area (Å²) in [6, 6.07) is 0. The highest BCUT2D eigenvalue weighted by Gasteiger charge is 2.26. The predicted octanol–water partition coefficient (Wildman–Crippen LogP) is 3.13. The molecule has 2 aliphatic rings. The SMILES string of the molecule is CCNC(=O)[C@H](C)Sc1nc2sc3c(c2c(=O)n1C[C@H]1CCCO1)CCCC3. The maximum Gasteiger partial charge on any atom is 0.263 e. The third-order valence-electron chi connectivity index (χ3n) is 5.45. The maximum absolute atomic E-state index is 13.5. The lowest BCUT2D eigenvalue weighted by molar-refractivity contribution is -0.120. The highest BCUT2D eigenvalue weighted by atomic mass is 32.2. The van der Waals surface area contributed by atoms with Crippen molar-refractivity contribution in [1.29, 1.82) is 0 Å². The fourth-order valence-electron chi connectivity index (χ4n) is 3.99. The number of amides is 1. The molecular formula is C20H27N3O3S2. The minimum atomic E-state index is -0.311. The summed E-state index contributed by atoms with van der Waals surface area (Å²) >= 11 is 3.02. The van der Waals surface area contributed by atoms with Gasteiger partial charge >= 0.3 is 0 Å². The quantitative estimate of drug-likeness (QED) is 0.573. The van der Waals surface area contributed by atoms with Crippen molar-refractivity contribution in [2.45, 2.75) is 75.4 Å². The Morgan fingerprint density at radius 2 is 2.21 bits per heavy atom.